The van der Waals surface area contributed by atoms with Gasteiger partial charge in [0.25, 0.3) is 0 Å². The van der Waals surface area contributed by atoms with E-state index in [1.807, 2.05) is 0 Å². The number of carbonyl (C=O) groups excluding carboxylic acids is 2. The first-order valence-electron chi connectivity index (χ1n) is 16.2. The summed E-state index contributed by atoms with van der Waals surface area (Å²) < 4.78 is 53.9. The second-order valence-corrected chi connectivity index (χ2v) is 13.7. The monoisotopic (exact) mass is 752 g/mol. The molecule has 0 unspecified atom stereocenters. The van der Waals surface area contributed by atoms with Gasteiger partial charge in [0.2, 0.25) is 0 Å². The molecule has 0 bridgehead atoms. The Labute approximate surface area is 305 Å². The molecule has 0 saturated carbocycles. The summed E-state index contributed by atoms with van der Waals surface area (Å²) >= 11 is 7.84. The van der Waals surface area contributed by atoms with Gasteiger partial charge in [-0.15, -0.1) is 11.3 Å². The van der Waals surface area contributed by atoms with Crippen molar-refractivity contribution in [2.45, 2.75) is 18.7 Å². The van der Waals surface area contributed by atoms with E-state index in [0.29, 0.717) is 58.6 Å². The van der Waals surface area contributed by atoms with E-state index in [9.17, 15) is 18.4 Å². The number of benzene rings is 3. The van der Waals surface area contributed by atoms with Gasteiger partial charge in [0.05, 0.1) is 25.3 Å². The van der Waals surface area contributed by atoms with E-state index >= 15 is 4.39 Å². The average molecular weight is 753 g/mol. The molecule has 16 heteroatoms. The number of halogens is 4. The lowest BCUT2D eigenvalue weighted by Crippen LogP contribution is -2.53. The molecule has 7 rings (SSSR count). The normalized spacial score (nSPS) is 19.1. The van der Waals surface area contributed by atoms with Crippen molar-refractivity contribution in [2.24, 2.45) is 4.99 Å². The van der Waals surface area contributed by atoms with E-state index in [-0.39, 0.29) is 47.9 Å². The number of ether oxygens (including phenoxy) is 2. The maximum Gasteiger partial charge on any atom is 0.338 e. The number of anilines is 1. The number of amides is 2. The fourth-order valence-corrected chi connectivity index (χ4v) is 7.58. The second kappa shape index (κ2) is 15.0. The summed E-state index contributed by atoms with van der Waals surface area (Å²) in [5, 5.41) is 14.6. The van der Waals surface area contributed by atoms with E-state index in [2.05, 4.69) is 15.2 Å². The van der Waals surface area contributed by atoms with Crippen molar-refractivity contribution in [3.05, 3.63) is 116 Å². The number of hydrogen-bond acceptors (Lipinski definition) is 10. The highest BCUT2D eigenvalue weighted by Gasteiger charge is 2.42. The summed E-state index contributed by atoms with van der Waals surface area (Å²) in [7, 11) is 1.27. The Hall–Kier alpha value is -4.80. The van der Waals surface area contributed by atoms with Crippen LogP contribution >= 0.6 is 22.9 Å². The number of aliphatic imine (C=N–C) groups is 1. The van der Waals surface area contributed by atoms with Crippen molar-refractivity contribution >= 4 is 46.5 Å². The van der Waals surface area contributed by atoms with Crippen LogP contribution in [-0.4, -0.2) is 90.4 Å². The Balaban J connectivity index is 1.14. The van der Waals surface area contributed by atoms with Crippen LogP contribution in [0.1, 0.15) is 22.2 Å². The number of aromatic nitrogens is 1. The van der Waals surface area contributed by atoms with Crippen LogP contribution in [0.15, 0.2) is 82.4 Å². The quantitative estimate of drug-likeness (QED) is 0.161. The molecule has 4 heterocycles. The molecule has 3 aliphatic rings. The highest BCUT2D eigenvalue weighted by Crippen LogP contribution is 2.38. The molecule has 4 aromatic rings. The molecule has 0 spiro atoms. The van der Waals surface area contributed by atoms with Crippen molar-refractivity contribution in [1.82, 2.24) is 20.1 Å². The fraction of sp³-hybridized carbons (Fsp3) is 0.278. The summed E-state index contributed by atoms with van der Waals surface area (Å²) in [6.07, 6.45) is 1.64. The molecular weight excluding hydrogens is 721 g/mol. The van der Waals surface area contributed by atoms with Crippen molar-refractivity contribution in [3.63, 3.8) is 0 Å². The molecule has 11 nitrogen and oxygen atoms in total. The highest BCUT2D eigenvalue weighted by molar-refractivity contribution is 7.11. The Morgan fingerprint density at radius 3 is 2.63 bits per heavy atom. The van der Waals surface area contributed by atoms with E-state index in [1.165, 1.54) is 65.8 Å². The fourth-order valence-electron chi connectivity index (χ4n) is 6.72. The molecule has 2 N–H and O–H groups in total. The molecule has 2 saturated heterocycles. The number of methoxy groups -OCH3 is 1. The van der Waals surface area contributed by atoms with E-state index in [0.717, 1.165) is 0 Å². The maximum absolute atomic E-state index is 15.0. The third-order valence-corrected chi connectivity index (χ3v) is 10.3. The van der Waals surface area contributed by atoms with Crippen LogP contribution in [0.3, 0.4) is 0 Å². The van der Waals surface area contributed by atoms with Gasteiger partial charge in [-0.1, -0.05) is 29.8 Å². The van der Waals surface area contributed by atoms with Crippen LogP contribution in [0.25, 0.3) is 11.1 Å². The Morgan fingerprint density at radius 1 is 1.06 bits per heavy atom. The summed E-state index contributed by atoms with van der Waals surface area (Å²) in [6, 6.07) is 11.0. The van der Waals surface area contributed by atoms with Gasteiger partial charge in [-0.25, -0.2) is 27.7 Å². The number of aliphatic hydroxyl groups excluding tert-OH is 1. The largest absolute Gasteiger partial charge is 0.466 e. The molecular formula is C36H32ClF3N6O5S. The zero-order valence-corrected chi connectivity index (χ0v) is 29.3. The van der Waals surface area contributed by atoms with E-state index < -0.39 is 36.3 Å². The lowest BCUT2D eigenvalue weighted by Gasteiger charge is -2.38. The summed E-state index contributed by atoms with van der Waals surface area (Å²) in [4.78, 5) is 41.6. The van der Waals surface area contributed by atoms with Gasteiger partial charge in [0, 0.05) is 71.8 Å². The molecule has 2 fully saturated rings. The SMILES string of the molecule is COC(=O)C1=C(CN2CCN3C(=O)N(c4cc(F)cc(-c5ccc(COCO)c(F)c5)c4)C[C@@H]3C2)NC(c2nccs2)=N[C@H]1c1ccc(F)cc1Cl. The van der Waals surface area contributed by atoms with Crippen LogP contribution in [0, 0.1) is 17.5 Å². The second-order valence-electron chi connectivity index (χ2n) is 12.3. The third kappa shape index (κ3) is 7.14. The van der Waals surface area contributed by atoms with Crippen molar-refractivity contribution in [2.75, 3.05) is 51.5 Å². The zero-order chi connectivity index (χ0) is 36.5. The smallest absolute Gasteiger partial charge is 0.338 e. The van der Waals surface area contributed by atoms with Gasteiger partial charge in [0.15, 0.2) is 10.8 Å². The standard InChI is InChI=1S/C36H32ClF3N6O5S/c1-50-35(48)31-30(42-33(34-41-6-9-52-34)43-32(31)27-5-4-23(38)14-28(27)37)17-44-7-8-45-26(15-44)16-46(36(45)49)25-11-22(10-24(39)13-25)20-2-3-21(18-51-19-47)29(40)12-20/h2-6,9-14,26,32,47H,7-8,15-19H2,1H3,(H,42,43)/t26-,32-/m0/s1. The van der Waals surface area contributed by atoms with Gasteiger partial charge >= 0.3 is 12.0 Å². The number of aliphatic hydroxyl groups is 1. The molecule has 2 atom stereocenters. The topological polar surface area (TPSA) is 120 Å². The first-order valence-corrected chi connectivity index (χ1v) is 17.5. The number of nitrogens with zero attached hydrogens (tertiary/aromatic N) is 5. The van der Waals surface area contributed by atoms with Gasteiger partial charge in [-0.2, -0.15) is 0 Å². The number of hydrogen-bond donors (Lipinski definition) is 2. The zero-order valence-electron chi connectivity index (χ0n) is 27.7. The first-order chi connectivity index (χ1) is 25.1. The summed E-state index contributed by atoms with van der Waals surface area (Å²) in [5.41, 5.74) is 2.51. The van der Waals surface area contributed by atoms with Crippen LogP contribution in [0.5, 0.6) is 0 Å². The van der Waals surface area contributed by atoms with Crippen LogP contribution in [0.4, 0.5) is 23.7 Å². The molecule has 270 valence electrons. The van der Waals surface area contributed by atoms with Crippen molar-refractivity contribution in [1.29, 1.82) is 0 Å². The number of esters is 1. The number of thiazole rings is 1. The van der Waals surface area contributed by atoms with Crippen LogP contribution < -0.4 is 10.2 Å². The average Bonchev–Trinajstić information content (AvgIpc) is 3.79. The van der Waals surface area contributed by atoms with Gasteiger partial charge in [0.1, 0.15) is 30.3 Å². The lowest BCUT2D eigenvalue weighted by atomic mass is 9.95. The maximum atomic E-state index is 15.0. The number of amidine groups is 1. The summed E-state index contributed by atoms with van der Waals surface area (Å²) in [6.45, 7) is 1.10. The molecule has 52 heavy (non-hydrogen) atoms. The van der Waals surface area contributed by atoms with Gasteiger partial charge in [-0.3, -0.25) is 14.8 Å². The third-order valence-electron chi connectivity index (χ3n) is 9.17. The van der Waals surface area contributed by atoms with Crippen LogP contribution in [0.2, 0.25) is 5.02 Å². The minimum atomic E-state index is -0.915. The number of carbonyl (C=O) groups is 2. The predicted molar refractivity (Wildman–Crippen MR) is 188 cm³/mol. The van der Waals surface area contributed by atoms with Gasteiger partial charge in [-0.05, 0) is 47.5 Å². The van der Waals surface area contributed by atoms with Crippen molar-refractivity contribution in [3.8, 4) is 11.1 Å². The molecule has 1 aromatic heterocycles. The lowest BCUT2D eigenvalue weighted by molar-refractivity contribution is -0.136. The molecule has 3 aromatic carbocycles. The minimum Gasteiger partial charge on any atom is -0.466 e. The molecule has 3 aliphatic heterocycles. The molecule has 0 aliphatic carbocycles. The minimum absolute atomic E-state index is 0.100. The Morgan fingerprint density at radius 2 is 1.90 bits per heavy atom. The Kier molecular flexibility index (Phi) is 10.3. The van der Waals surface area contributed by atoms with E-state index in [1.54, 1.807) is 28.6 Å². The summed E-state index contributed by atoms with van der Waals surface area (Å²) in [5.74, 6) is -1.90. The molecule has 2 amide bonds. The number of piperazine rings is 1. The number of urea groups is 1. The number of fused-ring (bicyclic) bond motifs is 1. The predicted octanol–water partition coefficient (Wildman–Crippen LogP) is 5.49. The van der Waals surface area contributed by atoms with E-state index in [4.69, 9.17) is 31.2 Å². The van der Waals surface area contributed by atoms with Crippen molar-refractivity contribution < 1.29 is 37.3 Å². The van der Waals surface area contributed by atoms with Crippen LogP contribution in [-0.2, 0) is 20.9 Å². The first kappa shape index (κ1) is 35.6. The Bertz CT molecular complexity index is 2080. The molecule has 0 radical (unpaired) electrons. The number of rotatable bonds is 10. The highest BCUT2D eigenvalue weighted by atomic mass is 35.5. The van der Waals surface area contributed by atoms with Gasteiger partial charge < -0.3 is 24.8 Å². The number of nitrogens with one attached hydrogen (secondary N) is 1.